The van der Waals surface area contributed by atoms with E-state index in [0.29, 0.717) is 17.1 Å². The quantitative estimate of drug-likeness (QED) is 0.769. The van der Waals surface area contributed by atoms with Crippen LogP contribution in [-0.2, 0) is 0 Å². The molecule has 0 aliphatic rings. The van der Waals surface area contributed by atoms with Gasteiger partial charge in [0.1, 0.15) is 11.3 Å². The summed E-state index contributed by atoms with van der Waals surface area (Å²) in [4.78, 5) is 15.0. The van der Waals surface area contributed by atoms with E-state index in [2.05, 4.69) is 25.3 Å². The fourth-order valence-corrected chi connectivity index (χ4v) is 1.64. The average molecular weight is 277 g/mol. The number of benzene rings is 1. The molecule has 0 radical (unpaired) electrons. The molecule has 6 nitrogen and oxygen atoms in total. The molecule has 0 saturated heterocycles. The third-order valence-corrected chi connectivity index (χ3v) is 2.58. The van der Waals surface area contributed by atoms with E-state index >= 15 is 0 Å². The molecule has 0 bridgehead atoms. The minimum Gasteiger partial charge on any atom is -0.437 e. The number of halogens is 2. The highest BCUT2D eigenvalue weighted by Gasteiger charge is 2.12. The first-order chi connectivity index (χ1) is 9.67. The summed E-state index contributed by atoms with van der Waals surface area (Å²) < 4.78 is 31.5. The standard InChI is InChI=1S/C12H9F2N5O/c1-15-12-18-10-9(16-5-17-10)11(19-12)20-6-2-3-7(13)8(14)4-6/h2-5H,1H3,(H2,15,16,17,18,19). The molecule has 0 aliphatic heterocycles. The number of imidazole rings is 1. The van der Waals surface area contributed by atoms with Gasteiger partial charge in [0.25, 0.3) is 5.88 Å². The number of rotatable bonds is 3. The second kappa shape index (κ2) is 4.72. The fraction of sp³-hybridized carbons (Fsp3) is 0.0833. The Balaban J connectivity index is 2.04. The largest absolute Gasteiger partial charge is 0.437 e. The van der Waals surface area contributed by atoms with Gasteiger partial charge in [0.2, 0.25) is 5.95 Å². The minimum atomic E-state index is -0.994. The first kappa shape index (κ1) is 12.3. The van der Waals surface area contributed by atoms with Crippen LogP contribution in [0.15, 0.2) is 24.5 Å². The Kier molecular flexibility index (Phi) is 2.90. The van der Waals surface area contributed by atoms with E-state index in [1.807, 2.05) is 0 Å². The monoisotopic (exact) mass is 277 g/mol. The van der Waals surface area contributed by atoms with Crippen LogP contribution in [0, 0.1) is 11.6 Å². The lowest BCUT2D eigenvalue weighted by atomic mass is 10.3. The molecule has 0 amide bonds. The molecule has 1 aromatic carbocycles. The number of hydrogen-bond acceptors (Lipinski definition) is 5. The van der Waals surface area contributed by atoms with Crippen molar-refractivity contribution in [2.24, 2.45) is 0 Å². The van der Waals surface area contributed by atoms with Crippen molar-refractivity contribution in [1.29, 1.82) is 0 Å². The molecule has 8 heteroatoms. The number of aromatic amines is 1. The lowest BCUT2D eigenvalue weighted by Gasteiger charge is -2.07. The topological polar surface area (TPSA) is 75.7 Å². The Hall–Kier alpha value is -2.77. The number of nitrogens with zero attached hydrogens (tertiary/aromatic N) is 3. The van der Waals surface area contributed by atoms with Gasteiger partial charge in [0.05, 0.1) is 6.33 Å². The van der Waals surface area contributed by atoms with Crippen molar-refractivity contribution in [3.05, 3.63) is 36.2 Å². The smallest absolute Gasteiger partial charge is 0.250 e. The predicted octanol–water partition coefficient (Wildman–Crippen LogP) is 2.47. The van der Waals surface area contributed by atoms with E-state index < -0.39 is 11.6 Å². The maximum absolute atomic E-state index is 13.2. The molecule has 20 heavy (non-hydrogen) atoms. The summed E-state index contributed by atoms with van der Waals surface area (Å²) in [6.45, 7) is 0. The summed E-state index contributed by atoms with van der Waals surface area (Å²) >= 11 is 0. The Bertz CT molecular complexity index is 774. The molecule has 0 atom stereocenters. The van der Waals surface area contributed by atoms with Gasteiger partial charge in [0.15, 0.2) is 17.3 Å². The van der Waals surface area contributed by atoms with Crippen LogP contribution < -0.4 is 10.1 Å². The van der Waals surface area contributed by atoms with Crippen LogP contribution in [0.5, 0.6) is 11.6 Å². The highest BCUT2D eigenvalue weighted by molar-refractivity contribution is 5.77. The lowest BCUT2D eigenvalue weighted by molar-refractivity contribution is 0.451. The first-order valence-corrected chi connectivity index (χ1v) is 5.69. The van der Waals surface area contributed by atoms with Crippen molar-refractivity contribution in [1.82, 2.24) is 19.9 Å². The third kappa shape index (κ3) is 2.11. The minimum absolute atomic E-state index is 0.126. The molecule has 2 heterocycles. The Morgan fingerprint density at radius 2 is 2.05 bits per heavy atom. The van der Waals surface area contributed by atoms with Gasteiger partial charge in [0, 0.05) is 13.1 Å². The highest BCUT2D eigenvalue weighted by atomic mass is 19.2. The van der Waals surface area contributed by atoms with Crippen molar-refractivity contribution in [3.63, 3.8) is 0 Å². The molecule has 0 aliphatic carbocycles. The van der Waals surface area contributed by atoms with Gasteiger partial charge in [-0.3, -0.25) is 0 Å². The molecule has 3 rings (SSSR count). The van der Waals surface area contributed by atoms with Gasteiger partial charge < -0.3 is 15.0 Å². The van der Waals surface area contributed by atoms with E-state index in [9.17, 15) is 8.78 Å². The molecule has 2 aromatic heterocycles. The fourth-order valence-electron chi connectivity index (χ4n) is 1.64. The van der Waals surface area contributed by atoms with Crippen molar-refractivity contribution < 1.29 is 13.5 Å². The average Bonchev–Trinajstić information content (AvgIpc) is 2.91. The van der Waals surface area contributed by atoms with Gasteiger partial charge in [-0.05, 0) is 12.1 Å². The third-order valence-electron chi connectivity index (χ3n) is 2.58. The zero-order chi connectivity index (χ0) is 14.1. The summed E-state index contributed by atoms with van der Waals surface area (Å²) in [5.41, 5.74) is 0.871. The van der Waals surface area contributed by atoms with E-state index in [-0.39, 0.29) is 11.6 Å². The SMILES string of the molecule is CNc1nc(Oc2ccc(F)c(F)c2)c2[nH]cnc2n1. The van der Waals surface area contributed by atoms with Crippen molar-refractivity contribution in [2.75, 3.05) is 12.4 Å². The molecule has 3 aromatic rings. The van der Waals surface area contributed by atoms with Gasteiger partial charge in [-0.15, -0.1) is 0 Å². The van der Waals surface area contributed by atoms with Gasteiger partial charge in [-0.2, -0.15) is 9.97 Å². The molecule has 102 valence electrons. The number of aromatic nitrogens is 4. The molecular formula is C12H9F2N5O. The number of fused-ring (bicyclic) bond motifs is 1. The number of anilines is 1. The summed E-state index contributed by atoms with van der Waals surface area (Å²) in [6, 6.07) is 3.23. The maximum atomic E-state index is 13.2. The number of hydrogen-bond donors (Lipinski definition) is 2. The van der Waals surface area contributed by atoms with Crippen LogP contribution in [0.25, 0.3) is 11.2 Å². The summed E-state index contributed by atoms with van der Waals surface area (Å²) in [7, 11) is 1.65. The molecule has 0 saturated carbocycles. The van der Waals surface area contributed by atoms with Crippen molar-refractivity contribution in [2.45, 2.75) is 0 Å². The second-order valence-corrected chi connectivity index (χ2v) is 3.88. The van der Waals surface area contributed by atoms with Crippen LogP contribution in [0.2, 0.25) is 0 Å². The predicted molar refractivity (Wildman–Crippen MR) is 67.7 cm³/mol. The van der Waals surface area contributed by atoms with Crippen LogP contribution in [0.4, 0.5) is 14.7 Å². The highest BCUT2D eigenvalue weighted by Crippen LogP contribution is 2.27. The van der Waals surface area contributed by atoms with Crippen molar-refractivity contribution in [3.8, 4) is 11.6 Å². The number of ether oxygens (including phenoxy) is 1. The molecule has 0 fully saturated rings. The second-order valence-electron chi connectivity index (χ2n) is 3.88. The Labute approximate surface area is 111 Å². The number of H-pyrrole nitrogens is 1. The van der Waals surface area contributed by atoms with E-state index in [0.717, 1.165) is 12.1 Å². The van der Waals surface area contributed by atoms with E-state index in [1.54, 1.807) is 7.05 Å². The molecule has 0 spiro atoms. The Morgan fingerprint density at radius 1 is 1.20 bits per heavy atom. The molecule has 0 unspecified atom stereocenters. The molecular weight excluding hydrogens is 268 g/mol. The van der Waals surface area contributed by atoms with Crippen LogP contribution in [0.1, 0.15) is 0 Å². The summed E-state index contributed by atoms with van der Waals surface area (Å²) in [6.07, 6.45) is 1.44. The van der Waals surface area contributed by atoms with Crippen LogP contribution >= 0.6 is 0 Å². The van der Waals surface area contributed by atoms with E-state index in [1.165, 1.54) is 12.4 Å². The first-order valence-electron chi connectivity index (χ1n) is 5.69. The lowest BCUT2D eigenvalue weighted by Crippen LogP contribution is -1.99. The van der Waals surface area contributed by atoms with Crippen LogP contribution in [0.3, 0.4) is 0 Å². The van der Waals surface area contributed by atoms with Crippen molar-refractivity contribution >= 4 is 17.1 Å². The van der Waals surface area contributed by atoms with Gasteiger partial charge in [-0.25, -0.2) is 13.8 Å². The summed E-state index contributed by atoms with van der Waals surface area (Å²) in [5.74, 6) is -1.33. The van der Waals surface area contributed by atoms with Gasteiger partial charge in [-0.1, -0.05) is 0 Å². The zero-order valence-electron chi connectivity index (χ0n) is 10.3. The zero-order valence-corrected chi connectivity index (χ0v) is 10.3. The van der Waals surface area contributed by atoms with E-state index in [4.69, 9.17) is 4.74 Å². The maximum Gasteiger partial charge on any atom is 0.250 e. The number of nitrogens with one attached hydrogen (secondary N) is 2. The normalized spacial score (nSPS) is 10.8. The molecule has 2 N–H and O–H groups in total. The van der Waals surface area contributed by atoms with Crippen LogP contribution in [-0.4, -0.2) is 27.0 Å². The van der Waals surface area contributed by atoms with Gasteiger partial charge >= 0.3 is 0 Å². The Morgan fingerprint density at radius 3 is 2.80 bits per heavy atom. The summed E-state index contributed by atoms with van der Waals surface area (Å²) in [5, 5.41) is 2.77.